The molecule has 0 bridgehead atoms. The number of halogens is 1. The van der Waals surface area contributed by atoms with Crippen molar-refractivity contribution in [3.63, 3.8) is 0 Å². The van der Waals surface area contributed by atoms with Crippen LogP contribution in [0.1, 0.15) is 44.4 Å². The summed E-state index contributed by atoms with van der Waals surface area (Å²) in [5.74, 6) is 0. The lowest BCUT2D eigenvalue weighted by Gasteiger charge is -2.32. The van der Waals surface area contributed by atoms with Crippen molar-refractivity contribution in [3.8, 4) is 0 Å². The van der Waals surface area contributed by atoms with Crippen molar-refractivity contribution in [1.29, 1.82) is 0 Å². The van der Waals surface area contributed by atoms with Gasteiger partial charge in [0.05, 0.1) is 11.2 Å². The monoisotopic (exact) mass is 335 g/mol. The van der Waals surface area contributed by atoms with E-state index in [1.807, 2.05) is 20.9 Å². The highest BCUT2D eigenvalue weighted by atomic mass is 35.5. The van der Waals surface area contributed by atoms with Crippen LogP contribution in [0.2, 0.25) is 5.02 Å². The van der Waals surface area contributed by atoms with Crippen LogP contribution in [0.5, 0.6) is 0 Å². The molecule has 126 valence electrons. The van der Waals surface area contributed by atoms with Crippen LogP contribution in [-0.4, -0.2) is 31.9 Å². The molecule has 1 aliphatic rings. The maximum Gasteiger partial charge on any atom is 0.491 e. The lowest BCUT2D eigenvalue weighted by molar-refractivity contribution is 0.00578. The largest absolute Gasteiger partial charge is 0.491 e. The smallest absolute Gasteiger partial charge is 0.400 e. The van der Waals surface area contributed by atoms with Crippen molar-refractivity contribution in [2.45, 2.75) is 52.7 Å². The van der Waals surface area contributed by atoms with Crippen LogP contribution in [0.15, 0.2) is 17.6 Å². The lowest BCUT2D eigenvalue weighted by Crippen LogP contribution is -2.41. The third-order valence-corrected chi connectivity index (χ3v) is 5.34. The van der Waals surface area contributed by atoms with Gasteiger partial charge < -0.3 is 14.6 Å². The molecule has 0 unspecified atom stereocenters. The minimum atomic E-state index is -0.344. The number of hydrogen-bond donors (Lipinski definition) is 1. The topological polar surface area (TPSA) is 30.5 Å². The van der Waals surface area contributed by atoms with Crippen molar-refractivity contribution in [3.05, 3.63) is 39.3 Å². The third kappa shape index (κ3) is 3.82. The van der Waals surface area contributed by atoms with Gasteiger partial charge in [0, 0.05) is 11.6 Å². The third-order valence-electron chi connectivity index (χ3n) is 4.75. The first-order valence-corrected chi connectivity index (χ1v) is 8.42. The number of rotatable bonds is 4. The fourth-order valence-electron chi connectivity index (χ4n) is 2.68. The van der Waals surface area contributed by atoms with E-state index in [-0.39, 0.29) is 18.3 Å². The number of hydrogen-bond acceptors (Lipinski definition) is 3. The molecule has 1 aliphatic heterocycles. The molecule has 0 saturated carbocycles. The summed E-state index contributed by atoms with van der Waals surface area (Å²) in [4.78, 5) is 0. The summed E-state index contributed by atoms with van der Waals surface area (Å²) in [5.41, 5.74) is 3.68. The highest BCUT2D eigenvalue weighted by Gasteiger charge is 2.52. The summed E-state index contributed by atoms with van der Waals surface area (Å²) in [5, 5.41) is 4.03. The molecule has 0 atom stereocenters. The van der Waals surface area contributed by atoms with E-state index in [4.69, 9.17) is 20.9 Å². The van der Waals surface area contributed by atoms with Gasteiger partial charge in [-0.25, -0.2) is 0 Å². The Balaban J connectivity index is 2.36. The molecule has 5 heteroatoms. The Bertz CT molecular complexity index is 586. The predicted molar refractivity (Wildman–Crippen MR) is 98.9 cm³/mol. The number of likely N-dealkylation sites (N-methyl/N-ethyl adjacent to an activating group) is 1. The minimum Gasteiger partial charge on any atom is -0.400 e. The van der Waals surface area contributed by atoms with Gasteiger partial charge in [0.15, 0.2) is 0 Å². The van der Waals surface area contributed by atoms with Crippen molar-refractivity contribution < 1.29 is 9.31 Å². The highest BCUT2D eigenvalue weighted by molar-refractivity contribution is 6.56. The Kier molecular flexibility index (Phi) is 5.32. The van der Waals surface area contributed by atoms with Gasteiger partial charge in [-0.15, -0.1) is 0 Å². The van der Waals surface area contributed by atoms with Gasteiger partial charge >= 0.3 is 7.12 Å². The lowest BCUT2D eigenvalue weighted by atomic mass is 9.77. The number of benzene rings is 1. The SMILES string of the molecule is CNCC(=Cc1cc(C)c(Cl)c(C)c1)B1OC(C)(C)C(C)(C)O1. The molecule has 0 amide bonds. The van der Waals surface area contributed by atoms with Crippen molar-refractivity contribution >= 4 is 24.8 Å². The summed E-state index contributed by atoms with van der Waals surface area (Å²) in [6.45, 7) is 13.0. The van der Waals surface area contributed by atoms with Crippen LogP contribution in [0.3, 0.4) is 0 Å². The standard InChI is InChI=1S/C18H27BClNO2/c1-12-8-14(9-13(2)16(12)20)10-15(11-21-7)19-22-17(3,4)18(5,6)23-19/h8-10,21H,11H2,1-7H3. The van der Waals surface area contributed by atoms with E-state index in [1.165, 1.54) is 0 Å². The van der Waals surface area contributed by atoms with Gasteiger partial charge in [0.2, 0.25) is 0 Å². The Morgan fingerprint density at radius 2 is 1.61 bits per heavy atom. The first-order valence-electron chi connectivity index (χ1n) is 8.05. The molecule has 1 N–H and O–H groups in total. The van der Waals surface area contributed by atoms with Crippen LogP contribution in [0.4, 0.5) is 0 Å². The quantitative estimate of drug-likeness (QED) is 0.837. The zero-order chi connectivity index (χ0) is 17.4. The molecule has 23 heavy (non-hydrogen) atoms. The molecule has 1 fully saturated rings. The first-order chi connectivity index (χ1) is 10.6. The fourth-order valence-corrected chi connectivity index (χ4v) is 2.79. The van der Waals surface area contributed by atoms with E-state index in [2.05, 4.69) is 51.2 Å². The van der Waals surface area contributed by atoms with Crippen LogP contribution < -0.4 is 5.32 Å². The molecule has 0 aromatic heterocycles. The van der Waals surface area contributed by atoms with Crippen LogP contribution in [0, 0.1) is 13.8 Å². The molecule has 2 rings (SSSR count). The average Bonchev–Trinajstić information content (AvgIpc) is 2.64. The Labute approximate surface area is 145 Å². The Morgan fingerprint density at radius 1 is 1.13 bits per heavy atom. The number of aryl methyl sites for hydroxylation is 2. The Hall–Kier alpha value is -0.805. The van der Waals surface area contributed by atoms with E-state index in [0.29, 0.717) is 6.54 Å². The maximum atomic E-state index is 6.27. The summed E-state index contributed by atoms with van der Waals surface area (Å²) in [6.07, 6.45) is 2.13. The molecule has 3 nitrogen and oxygen atoms in total. The second kappa shape index (κ2) is 6.60. The molecule has 0 spiro atoms. The van der Waals surface area contributed by atoms with E-state index in [1.54, 1.807) is 0 Å². The normalized spacial score (nSPS) is 20.2. The predicted octanol–water partition coefficient (Wildman–Crippen LogP) is 4.19. The first kappa shape index (κ1) is 18.5. The van der Waals surface area contributed by atoms with Crippen molar-refractivity contribution in [1.82, 2.24) is 5.32 Å². The zero-order valence-corrected chi connectivity index (χ0v) is 16.0. The molecule has 0 aliphatic carbocycles. The fraction of sp³-hybridized carbons (Fsp3) is 0.556. The van der Waals surface area contributed by atoms with Crippen LogP contribution in [0.25, 0.3) is 6.08 Å². The second-order valence-electron chi connectivity index (χ2n) is 7.31. The zero-order valence-electron chi connectivity index (χ0n) is 15.2. The van der Waals surface area contributed by atoms with Gasteiger partial charge in [-0.2, -0.15) is 0 Å². The van der Waals surface area contributed by atoms with E-state index < -0.39 is 0 Å². The molecule has 1 heterocycles. The van der Waals surface area contributed by atoms with Gasteiger partial charge in [-0.05, 0) is 70.8 Å². The van der Waals surface area contributed by atoms with E-state index in [9.17, 15) is 0 Å². The van der Waals surface area contributed by atoms with Gasteiger partial charge in [0.25, 0.3) is 0 Å². The molecule has 1 aromatic carbocycles. The molecule has 1 aromatic rings. The van der Waals surface area contributed by atoms with Gasteiger partial charge in [-0.1, -0.05) is 29.8 Å². The van der Waals surface area contributed by atoms with Crippen LogP contribution >= 0.6 is 11.6 Å². The Morgan fingerprint density at radius 3 is 2.04 bits per heavy atom. The molecular weight excluding hydrogens is 308 g/mol. The second-order valence-corrected chi connectivity index (χ2v) is 7.68. The van der Waals surface area contributed by atoms with E-state index >= 15 is 0 Å². The number of nitrogens with one attached hydrogen (secondary N) is 1. The summed E-state index contributed by atoms with van der Waals surface area (Å²) >= 11 is 6.27. The van der Waals surface area contributed by atoms with E-state index in [0.717, 1.165) is 27.2 Å². The molecule has 1 saturated heterocycles. The maximum absolute atomic E-state index is 6.27. The minimum absolute atomic E-state index is 0.337. The summed E-state index contributed by atoms with van der Waals surface area (Å²) in [7, 11) is 1.58. The summed E-state index contributed by atoms with van der Waals surface area (Å²) in [6, 6.07) is 4.19. The highest BCUT2D eigenvalue weighted by Crippen LogP contribution is 2.38. The average molecular weight is 336 g/mol. The molecular formula is C18H27BClNO2. The van der Waals surface area contributed by atoms with Crippen molar-refractivity contribution in [2.24, 2.45) is 0 Å². The van der Waals surface area contributed by atoms with Crippen molar-refractivity contribution in [2.75, 3.05) is 13.6 Å². The van der Waals surface area contributed by atoms with Crippen LogP contribution in [-0.2, 0) is 9.31 Å². The molecule has 0 radical (unpaired) electrons. The van der Waals surface area contributed by atoms with Gasteiger partial charge in [-0.3, -0.25) is 0 Å². The van der Waals surface area contributed by atoms with Gasteiger partial charge in [0.1, 0.15) is 0 Å². The summed E-state index contributed by atoms with van der Waals surface area (Å²) < 4.78 is 12.4.